The predicted molar refractivity (Wildman–Crippen MR) is 155 cm³/mol. The van der Waals surface area contributed by atoms with Gasteiger partial charge < -0.3 is 5.73 Å². The van der Waals surface area contributed by atoms with Crippen LogP contribution in [-0.2, 0) is 6.54 Å². The van der Waals surface area contributed by atoms with Crippen LogP contribution in [0.15, 0.2) is 79.1 Å². The smallest absolute Gasteiger partial charge is 0.180 e. The molecular weight excluding hydrogens is 525 g/mol. The standard InChI is InChI=1S/C29H26FN9S/c1-2-40-38-17-29(18-38)15-37(16-29)14-19-5-8-21(9-6-19)39-27(22-4-3-11-32-25(22)31)35-24-13-34-26(36-28(24)39)23-10-7-20(30)12-33-23/h2-13H,1,14-18H2,(H2,31,32). The summed E-state index contributed by atoms with van der Waals surface area (Å²) < 4.78 is 17.8. The number of nitrogens with zero attached hydrogens (tertiary/aromatic N) is 8. The molecule has 0 saturated carbocycles. The van der Waals surface area contributed by atoms with Crippen LogP contribution in [0.2, 0.25) is 0 Å². The molecule has 4 aromatic heterocycles. The lowest BCUT2D eigenvalue weighted by Crippen LogP contribution is -2.69. The SMILES string of the molecule is C=CSN1CC2(CN(Cc3ccc(-n4c(-c5cccnc5N)nc5cnc(-c6ccc(F)cn6)nc54)cc3)C2)C1. The average molecular weight is 552 g/mol. The highest BCUT2D eigenvalue weighted by molar-refractivity contribution is 7.99. The fourth-order valence-electron chi connectivity index (χ4n) is 5.64. The number of hydrogen-bond acceptors (Lipinski definition) is 9. The maximum absolute atomic E-state index is 13.5. The number of pyridine rings is 2. The second-order valence-electron chi connectivity index (χ2n) is 10.4. The third kappa shape index (κ3) is 4.41. The Balaban J connectivity index is 1.21. The molecule has 40 heavy (non-hydrogen) atoms. The Kier molecular flexibility index (Phi) is 6.06. The van der Waals surface area contributed by atoms with Crippen LogP contribution in [0.5, 0.6) is 0 Å². The molecule has 1 aromatic carbocycles. The van der Waals surface area contributed by atoms with E-state index < -0.39 is 5.82 Å². The van der Waals surface area contributed by atoms with Gasteiger partial charge in [-0.25, -0.2) is 33.6 Å². The van der Waals surface area contributed by atoms with Gasteiger partial charge in [0.1, 0.15) is 22.8 Å². The summed E-state index contributed by atoms with van der Waals surface area (Å²) in [6.07, 6.45) is 4.46. The summed E-state index contributed by atoms with van der Waals surface area (Å²) in [5.74, 6) is 0.947. The monoisotopic (exact) mass is 551 g/mol. The Bertz CT molecular complexity index is 1700. The molecule has 2 fully saturated rings. The highest BCUT2D eigenvalue weighted by Crippen LogP contribution is 2.43. The topological polar surface area (TPSA) is 102 Å². The quantitative estimate of drug-likeness (QED) is 0.292. The van der Waals surface area contributed by atoms with Crippen LogP contribution in [-0.4, -0.2) is 64.9 Å². The third-order valence-corrected chi connectivity index (χ3v) is 8.11. The van der Waals surface area contributed by atoms with Crippen molar-refractivity contribution >= 4 is 28.9 Å². The summed E-state index contributed by atoms with van der Waals surface area (Å²) in [7, 11) is 0. The van der Waals surface area contributed by atoms with Gasteiger partial charge in [0.2, 0.25) is 0 Å². The number of likely N-dealkylation sites (tertiary alicyclic amines) is 1. The van der Waals surface area contributed by atoms with Gasteiger partial charge in [-0.3, -0.25) is 9.47 Å². The first kappa shape index (κ1) is 24.8. The zero-order valence-corrected chi connectivity index (χ0v) is 22.4. The Morgan fingerprint density at radius 3 is 2.52 bits per heavy atom. The molecule has 1 spiro atoms. The fourth-order valence-corrected chi connectivity index (χ4v) is 6.55. The molecule has 2 aliphatic rings. The summed E-state index contributed by atoms with van der Waals surface area (Å²) in [5, 5.41) is 1.90. The molecule has 0 aliphatic carbocycles. The molecule has 9 nitrogen and oxygen atoms in total. The zero-order valence-electron chi connectivity index (χ0n) is 21.6. The van der Waals surface area contributed by atoms with Crippen LogP contribution in [0, 0.1) is 11.2 Å². The number of nitrogen functional groups attached to an aromatic ring is 1. The second-order valence-corrected chi connectivity index (χ2v) is 11.4. The highest BCUT2D eigenvalue weighted by atomic mass is 32.2. The lowest BCUT2D eigenvalue weighted by Gasteiger charge is -2.59. The first-order valence-corrected chi connectivity index (χ1v) is 13.8. The van der Waals surface area contributed by atoms with Crippen molar-refractivity contribution < 1.29 is 4.39 Å². The van der Waals surface area contributed by atoms with E-state index in [1.807, 2.05) is 22.1 Å². The van der Waals surface area contributed by atoms with Gasteiger partial charge >= 0.3 is 0 Å². The van der Waals surface area contributed by atoms with Gasteiger partial charge in [0.25, 0.3) is 0 Å². The number of hydrogen-bond donors (Lipinski definition) is 1. The molecule has 6 heterocycles. The van der Waals surface area contributed by atoms with E-state index in [2.05, 4.69) is 55.0 Å². The molecule has 0 atom stereocenters. The van der Waals surface area contributed by atoms with Crippen LogP contribution >= 0.6 is 11.9 Å². The summed E-state index contributed by atoms with van der Waals surface area (Å²) in [6, 6.07) is 15.1. The molecule has 11 heteroatoms. The minimum absolute atomic E-state index is 0.372. The van der Waals surface area contributed by atoms with Crippen molar-refractivity contribution in [1.29, 1.82) is 0 Å². The molecule has 2 N–H and O–H groups in total. The number of halogens is 1. The lowest BCUT2D eigenvalue weighted by molar-refractivity contribution is -0.0808. The molecular formula is C29H26FN9S. The van der Waals surface area contributed by atoms with Gasteiger partial charge in [0.15, 0.2) is 17.3 Å². The minimum atomic E-state index is -0.418. The van der Waals surface area contributed by atoms with Crippen LogP contribution < -0.4 is 5.73 Å². The van der Waals surface area contributed by atoms with Crippen molar-refractivity contribution in [3.8, 4) is 28.6 Å². The average Bonchev–Trinajstić information content (AvgIpc) is 3.30. The van der Waals surface area contributed by atoms with Gasteiger partial charge in [0.05, 0.1) is 18.0 Å². The summed E-state index contributed by atoms with van der Waals surface area (Å²) >= 11 is 1.71. The van der Waals surface area contributed by atoms with E-state index in [4.69, 9.17) is 15.7 Å². The summed E-state index contributed by atoms with van der Waals surface area (Å²) in [4.78, 5) is 25.0. The van der Waals surface area contributed by atoms with Gasteiger partial charge in [-0.2, -0.15) is 0 Å². The minimum Gasteiger partial charge on any atom is -0.383 e. The number of fused-ring (bicyclic) bond motifs is 1. The van der Waals surface area contributed by atoms with Gasteiger partial charge in [0, 0.05) is 50.0 Å². The van der Waals surface area contributed by atoms with Crippen molar-refractivity contribution in [2.75, 3.05) is 31.9 Å². The van der Waals surface area contributed by atoms with E-state index in [1.54, 1.807) is 30.4 Å². The predicted octanol–water partition coefficient (Wildman–Crippen LogP) is 4.57. The fraction of sp³-hybridized carbons (Fsp3) is 0.207. The first-order valence-electron chi connectivity index (χ1n) is 12.9. The molecule has 0 unspecified atom stereocenters. The van der Waals surface area contributed by atoms with Crippen LogP contribution in [0.25, 0.3) is 39.8 Å². The van der Waals surface area contributed by atoms with Crippen molar-refractivity contribution in [2.24, 2.45) is 5.41 Å². The molecule has 2 saturated heterocycles. The molecule has 0 bridgehead atoms. The largest absolute Gasteiger partial charge is 0.383 e. The molecule has 2 aliphatic heterocycles. The lowest BCUT2D eigenvalue weighted by atomic mass is 9.74. The number of aromatic nitrogens is 6. The van der Waals surface area contributed by atoms with Crippen molar-refractivity contribution in [1.82, 2.24) is 38.7 Å². The van der Waals surface area contributed by atoms with Gasteiger partial charge in [-0.15, -0.1) is 0 Å². The Labute approximate surface area is 234 Å². The van der Waals surface area contributed by atoms with Gasteiger partial charge in [-0.05, 0) is 47.4 Å². The van der Waals surface area contributed by atoms with Crippen molar-refractivity contribution in [3.05, 3.63) is 90.5 Å². The van der Waals surface area contributed by atoms with Gasteiger partial charge in [-0.1, -0.05) is 30.7 Å². The van der Waals surface area contributed by atoms with E-state index in [9.17, 15) is 4.39 Å². The molecule has 5 aromatic rings. The van der Waals surface area contributed by atoms with Crippen LogP contribution in [0.4, 0.5) is 10.2 Å². The summed E-state index contributed by atoms with van der Waals surface area (Å²) in [5.41, 5.74) is 11.2. The summed E-state index contributed by atoms with van der Waals surface area (Å²) in [6.45, 7) is 9.22. The number of benzene rings is 1. The third-order valence-electron chi connectivity index (χ3n) is 7.40. The highest BCUT2D eigenvalue weighted by Gasteiger charge is 2.51. The first-order chi connectivity index (χ1) is 19.5. The molecule has 0 radical (unpaired) electrons. The Hall–Kier alpha value is -4.19. The van der Waals surface area contributed by atoms with Crippen LogP contribution in [0.1, 0.15) is 5.56 Å². The van der Waals surface area contributed by atoms with E-state index in [-0.39, 0.29) is 0 Å². The van der Waals surface area contributed by atoms with Crippen molar-refractivity contribution in [3.63, 3.8) is 0 Å². The Morgan fingerprint density at radius 1 is 0.975 bits per heavy atom. The van der Waals surface area contributed by atoms with E-state index in [0.29, 0.717) is 45.3 Å². The van der Waals surface area contributed by atoms with E-state index >= 15 is 0 Å². The van der Waals surface area contributed by atoms with E-state index in [1.165, 1.54) is 11.6 Å². The van der Waals surface area contributed by atoms with Crippen molar-refractivity contribution in [2.45, 2.75) is 6.54 Å². The normalized spacial score (nSPS) is 16.6. The van der Waals surface area contributed by atoms with E-state index in [0.717, 1.165) is 44.6 Å². The number of anilines is 1. The van der Waals surface area contributed by atoms with Crippen LogP contribution in [0.3, 0.4) is 0 Å². The Morgan fingerprint density at radius 2 is 1.80 bits per heavy atom. The molecule has 7 rings (SSSR count). The zero-order chi connectivity index (χ0) is 27.3. The molecule has 200 valence electrons. The number of rotatable bonds is 7. The maximum atomic E-state index is 13.5. The maximum Gasteiger partial charge on any atom is 0.180 e. The molecule has 0 amide bonds. The number of imidazole rings is 1. The second kappa shape index (κ2) is 9.77. The number of nitrogens with two attached hydrogens (primary N) is 1.